The molecule has 1 aliphatic carbocycles. The molecular weight excluding hydrogens is 626 g/mol. The molecule has 15 heteroatoms. The number of carbonyl (C=O) groups is 2. The Balaban J connectivity index is 1.40. The fraction of sp³-hybridized carbons (Fsp3) is 0.290. The van der Waals surface area contributed by atoms with Gasteiger partial charge < -0.3 is 10.6 Å². The van der Waals surface area contributed by atoms with Crippen LogP contribution in [0.4, 0.5) is 40.8 Å². The van der Waals surface area contributed by atoms with Crippen LogP contribution >= 0.6 is 0 Å². The van der Waals surface area contributed by atoms with Gasteiger partial charge >= 0.3 is 0 Å². The van der Waals surface area contributed by atoms with E-state index in [1.807, 2.05) is 0 Å². The summed E-state index contributed by atoms with van der Waals surface area (Å²) < 4.78 is 115. The molecule has 7 nitrogen and oxygen atoms in total. The number of nitrogens with zero attached hydrogens (tertiary/aromatic N) is 3. The largest absolute Gasteiger partial charge is 0.346 e. The number of anilines is 1. The molecule has 46 heavy (non-hydrogen) atoms. The molecule has 1 aliphatic heterocycles. The summed E-state index contributed by atoms with van der Waals surface area (Å²) in [7, 11) is 0. The van der Waals surface area contributed by atoms with Crippen molar-refractivity contribution in [2.75, 3.05) is 5.32 Å². The first-order valence-electron chi connectivity index (χ1n) is 14.0. The first kappa shape index (κ1) is 31.2. The van der Waals surface area contributed by atoms with Crippen molar-refractivity contribution in [3.8, 4) is 11.1 Å². The van der Waals surface area contributed by atoms with Crippen LogP contribution in [0.25, 0.3) is 11.1 Å². The number of aromatic nitrogens is 3. The van der Waals surface area contributed by atoms with Gasteiger partial charge in [0.1, 0.15) is 29.6 Å². The summed E-state index contributed by atoms with van der Waals surface area (Å²) in [4.78, 5) is 30.0. The van der Waals surface area contributed by atoms with Gasteiger partial charge in [0.2, 0.25) is 11.8 Å². The fourth-order valence-electron chi connectivity index (χ4n) is 6.02. The van der Waals surface area contributed by atoms with Crippen LogP contribution in [0.1, 0.15) is 59.1 Å². The predicted molar refractivity (Wildman–Crippen MR) is 147 cm³/mol. The zero-order valence-corrected chi connectivity index (χ0v) is 23.6. The zero-order valence-electron chi connectivity index (χ0n) is 23.6. The highest BCUT2D eigenvalue weighted by molar-refractivity contribution is 6.02. The smallest absolute Gasteiger partial charge is 0.290 e. The Labute approximate surface area is 255 Å². The van der Waals surface area contributed by atoms with Gasteiger partial charge in [-0.1, -0.05) is 18.2 Å². The number of hydrogen-bond acceptors (Lipinski definition) is 4. The molecule has 240 valence electrons. The first-order valence-corrected chi connectivity index (χ1v) is 14.0. The minimum Gasteiger partial charge on any atom is -0.346 e. The number of hydrogen-bond donors (Lipinski definition) is 2. The standard InChI is InChI=1S/C31H23F8N5O2/c32-16-9-15(10-17(33)12-16)11-22(26-19(4-2-8-40-26)18-3-1-5-21-20(18)13-23(45)41-21)42-24(46)14-44-28-25(27(43-44)29(34)35)30(36,37)6-7-31(28,38)39/h1-5,8-10,12,22,29H,6-7,11,13-14H2,(H,41,45)(H,42,46). The van der Waals surface area contributed by atoms with E-state index < -0.39 is 78.2 Å². The molecule has 0 radical (unpaired) electrons. The molecule has 0 saturated heterocycles. The van der Waals surface area contributed by atoms with E-state index in [1.165, 1.54) is 6.20 Å². The topological polar surface area (TPSA) is 88.9 Å². The molecule has 0 bridgehead atoms. The van der Waals surface area contributed by atoms with Crippen LogP contribution in [0.15, 0.2) is 54.7 Å². The lowest BCUT2D eigenvalue weighted by Crippen LogP contribution is -2.37. The van der Waals surface area contributed by atoms with Crippen molar-refractivity contribution < 1.29 is 44.7 Å². The number of carbonyl (C=O) groups excluding carboxylic acids is 2. The van der Waals surface area contributed by atoms with Gasteiger partial charge in [-0.05, 0) is 47.4 Å². The number of benzene rings is 2. The number of rotatable bonds is 8. The monoisotopic (exact) mass is 649 g/mol. The summed E-state index contributed by atoms with van der Waals surface area (Å²) in [6.07, 6.45) is -5.25. The molecule has 2 aromatic carbocycles. The summed E-state index contributed by atoms with van der Waals surface area (Å²) in [5, 5.41) is 8.58. The second-order valence-corrected chi connectivity index (χ2v) is 11.1. The molecule has 0 saturated carbocycles. The molecule has 4 aromatic rings. The Bertz CT molecular complexity index is 1840. The quantitative estimate of drug-likeness (QED) is 0.207. The van der Waals surface area contributed by atoms with E-state index in [0.29, 0.717) is 28.4 Å². The van der Waals surface area contributed by atoms with Crippen molar-refractivity contribution >= 4 is 17.5 Å². The van der Waals surface area contributed by atoms with Gasteiger partial charge in [-0.25, -0.2) is 26.3 Å². The molecule has 0 spiro atoms. The van der Waals surface area contributed by atoms with Crippen LogP contribution in [0.3, 0.4) is 0 Å². The molecule has 0 fully saturated rings. The summed E-state index contributed by atoms with van der Waals surface area (Å²) >= 11 is 0. The molecule has 2 amide bonds. The van der Waals surface area contributed by atoms with E-state index in [9.17, 15) is 44.7 Å². The first-order chi connectivity index (χ1) is 21.7. The van der Waals surface area contributed by atoms with Gasteiger partial charge in [0.15, 0.2) is 0 Å². The molecule has 1 unspecified atom stereocenters. The average Bonchev–Trinajstić information content (AvgIpc) is 3.56. The molecular formula is C31H23F8N5O2. The van der Waals surface area contributed by atoms with Crippen LogP contribution < -0.4 is 10.6 Å². The maximum absolute atomic E-state index is 14.9. The second-order valence-electron chi connectivity index (χ2n) is 11.1. The van der Waals surface area contributed by atoms with Crippen molar-refractivity contribution in [1.29, 1.82) is 0 Å². The third kappa shape index (κ3) is 5.81. The Hall–Kier alpha value is -4.82. The SMILES string of the molecule is O=C1Cc2c(cccc2-c2cccnc2C(Cc2cc(F)cc(F)c2)NC(=O)Cn2nc(C(F)F)c3c2C(F)(F)CCC3(F)F)N1. The number of nitrogens with one attached hydrogen (secondary N) is 2. The van der Waals surface area contributed by atoms with Gasteiger partial charge in [-0.15, -0.1) is 0 Å². The van der Waals surface area contributed by atoms with E-state index in [0.717, 1.165) is 12.1 Å². The minimum atomic E-state index is -4.03. The highest BCUT2D eigenvalue weighted by Gasteiger charge is 2.55. The highest BCUT2D eigenvalue weighted by Crippen LogP contribution is 2.52. The van der Waals surface area contributed by atoms with E-state index >= 15 is 0 Å². The van der Waals surface area contributed by atoms with E-state index in [2.05, 4.69) is 20.7 Å². The Morgan fingerprint density at radius 1 is 0.957 bits per heavy atom. The van der Waals surface area contributed by atoms with Crippen LogP contribution in [0.5, 0.6) is 0 Å². The van der Waals surface area contributed by atoms with Crippen LogP contribution in [-0.4, -0.2) is 26.6 Å². The third-order valence-electron chi connectivity index (χ3n) is 7.89. The number of fused-ring (bicyclic) bond motifs is 2. The van der Waals surface area contributed by atoms with Gasteiger partial charge in [0.05, 0.1) is 23.7 Å². The Morgan fingerprint density at radius 2 is 1.65 bits per heavy atom. The maximum atomic E-state index is 14.9. The fourth-order valence-corrected chi connectivity index (χ4v) is 6.02. The average molecular weight is 650 g/mol. The number of pyridine rings is 1. The summed E-state index contributed by atoms with van der Waals surface area (Å²) in [6, 6.07) is 9.71. The number of alkyl halides is 6. The second kappa shape index (κ2) is 11.5. The lowest BCUT2D eigenvalue weighted by atomic mass is 9.89. The molecule has 3 heterocycles. The normalized spacial score (nSPS) is 16.9. The van der Waals surface area contributed by atoms with Crippen molar-refractivity contribution in [3.63, 3.8) is 0 Å². The third-order valence-corrected chi connectivity index (χ3v) is 7.89. The van der Waals surface area contributed by atoms with Gasteiger partial charge in [0.25, 0.3) is 18.3 Å². The molecule has 2 aliphatic rings. The lowest BCUT2D eigenvalue weighted by molar-refractivity contribution is -0.123. The predicted octanol–water partition coefficient (Wildman–Crippen LogP) is 6.73. The van der Waals surface area contributed by atoms with E-state index in [4.69, 9.17) is 0 Å². The van der Waals surface area contributed by atoms with Crippen molar-refractivity contribution in [3.05, 3.63) is 100 Å². The Morgan fingerprint density at radius 3 is 2.37 bits per heavy atom. The van der Waals surface area contributed by atoms with Crippen molar-refractivity contribution in [2.45, 2.75) is 56.5 Å². The van der Waals surface area contributed by atoms with Crippen LogP contribution in [-0.2, 0) is 40.8 Å². The maximum Gasteiger partial charge on any atom is 0.290 e. The molecule has 1 atom stereocenters. The van der Waals surface area contributed by atoms with Crippen molar-refractivity contribution in [2.24, 2.45) is 0 Å². The van der Waals surface area contributed by atoms with Crippen molar-refractivity contribution in [1.82, 2.24) is 20.1 Å². The number of halogens is 8. The van der Waals surface area contributed by atoms with Gasteiger partial charge in [-0.3, -0.25) is 19.3 Å². The minimum absolute atomic E-state index is 0.0295. The van der Waals surface area contributed by atoms with Gasteiger partial charge in [0, 0.05) is 36.4 Å². The molecule has 2 aromatic heterocycles. The summed E-state index contributed by atoms with van der Waals surface area (Å²) in [5.41, 5.74) is -2.28. The van der Waals surface area contributed by atoms with E-state index in [1.54, 1.807) is 30.3 Å². The molecule has 6 rings (SSSR count). The number of amides is 2. The van der Waals surface area contributed by atoms with Crippen LogP contribution in [0, 0.1) is 11.6 Å². The highest BCUT2D eigenvalue weighted by atomic mass is 19.3. The Kier molecular flexibility index (Phi) is 7.81. The lowest BCUT2D eigenvalue weighted by Gasteiger charge is -2.29. The van der Waals surface area contributed by atoms with Crippen LogP contribution in [0.2, 0.25) is 0 Å². The summed E-state index contributed by atoms with van der Waals surface area (Å²) in [6.45, 7) is -1.16. The van der Waals surface area contributed by atoms with E-state index in [-0.39, 0.29) is 34.7 Å². The molecule has 2 N–H and O–H groups in total. The van der Waals surface area contributed by atoms with Gasteiger partial charge in [-0.2, -0.15) is 13.9 Å². The zero-order chi connectivity index (χ0) is 33.0. The summed E-state index contributed by atoms with van der Waals surface area (Å²) in [5.74, 6) is -11.2.